The lowest BCUT2D eigenvalue weighted by atomic mass is 9.98. The molecule has 11 heteroatoms. The number of rotatable bonds is 8. The molecule has 0 spiro atoms. The zero-order valence-corrected chi connectivity index (χ0v) is 19.3. The maximum absolute atomic E-state index is 12.8. The number of hydrogen-bond donors (Lipinski definition) is 1. The number of sulfonamides is 2. The molecule has 0 amide bonds. The molecule has 1 aliphatic heterocycles. The van der Waals surface area contributed by atoms with Crippen molar-refractivity contribution in [1.82, 2.24) is 4.41 Å². The molecule has 31 heavy (non-hydrogen) atoms. The van der Waals surface area contributed by atoms with Gasteiger partial charge in [0.2, 0.25) is 20.0 Å². The third-order valence-corrected chi connectivity index (χ3v) is 7.06. The molecule has 0 saturated carbocycles. The van der Waals surface area contributed by atoms with E-state index in [1.807, 2.05) is 0 Å². The first-order valence-electron chi connectivity index (χ1n) is 9.47. The second-order valence-electron chi connectivity index (χ2n) is 7.00. The van der Waals surface area contributed by atoms with Crippen molar-refractivity contribution in [2.45, 2.75) is 19.4 Å². The van der Waals surface area contributed by atoms with Gasteiger partial charge in [0.05, 0.1) is 38.0 Å². The number of anilines is 1. The molecule has 2 aromatic carbocycles. The molecule has 0 fully saturated rings. The summed E-state index contributed by atoms with van der Waals surface area (Å²) in [6.45, 7) is 1.55. The van der Waals surface area contributed by atoms with Crippen LogP contribution in [0.15, 0.2) is 47.6 Å². The van der Waals surface area contributed by atoms with E-state index in [0.29, 0.717) is 34.0 Å². The Kier molecular flexibility index (Phi) is 6.46. The van der Waals surface area contributed by atoms with Crippen LogP contribution in [0.2, 0.25) is 0 Å². The molecule has 1 N–H and O–H groups in total. The molecule has 0 bridgehead atoms. The van der Waals surface area contributed by atoms with Crippen molar-refractivity contribution >= 4 is 31.4 Å². The minimum atomic E-state index is -3.68. The lowest BCUT2D eigenvalue weighted by Gasteiger charge is -2.24. The largest absolute Gasteiger partial charge is 0.497 e. The van der Waals surface area contributed by atoms with Crippen molar-refractivity contribution in [2.24, 2.45) is 5.10 Å². The summed E-state index contributed by atoms with van der Waals surface area (Å²) in [6, 6.07) is 11.2. The van der Waals surface area contributed by atoms with Gasteiger partial charge in [0.15, 0.2) is 0 Å². The van der Waals surface area contributed by atoms with Gasteiger partial charge in [-0.25, -0.2) is 16.8 Å². The van der Waals surface area contributed by atoms with E-state index >= 15 is 0 Å². The predicted molar refractivity (Wildman–Crippen MR) is 120 cm³/mol. The van der Waals surface area contributed by atoms with Crippen LogP contribution >= 0.6 is 0 Å². The van der Waals surface area contributed by atoms with Crippen molar-refractivity contribution in [2.75, 3.05) is 31.0 Å². The summed E-state index contributed by atoms with van der Waals surface area (Å²) < 4.78 is 63.1. The van der Waals surface area contributed by atoms with Crippen LogP contribution in [0, 0.1) is 0 Å². The van der Waals surface area contributed by atoms with Crippen LogP contribution in [-0.4, -0.2) is 53.2 Å². The monoisotopic (exact) mass is 467 g/mol. The van der Waals surface area contributed by atoms with Gasteiger partial charge in [-0.2, -0.15) is 9.52 Å². The lowest BCUT2D eigenvalue weighted by Crippen LogP contribution is -2.28. The summed E-state index contributed by atoms with van der Waals surface area (Å²) in [4.78, 5) is 0. The third kappa shape index (κ3) is 5.10. The SMILES string of the molecule is CCS(=O)(=O)N1N=C(c2cccc(NS(C)(=O)=O)c2)CC1c1cc(OC)ccc1OC. The molecule has 0 radical (unpaired) electrons. The number of hydrogen-bond acceptors (Lipinski definition) is 7. The zero-order valence-electron chi connectivity index (χ0n) is 17.7. The molecule has 3 rings (SSSR count). The van der Waals surface area contributed by atoms with E-state index in [0.717, 1.165) is 10.7 Å². The van der Waals surface area contributed by atoms with Gasteiger partial charge in [0.1, 0.15) is 11.5 Å². The standard InChI is InChI=1S/C20H25N3O6S2/c1-5-31(26,27)23-19(17-12-16(28-2)9-10-20(17)29-3)13-18(21-23)14-7-6-8-15(11-14)22-30(4,24)25/h6-12,19,22H,5,13H2,1-4H3. The first kappa shape index (κ1) is 22.9. The number of ether oxygens (including phenoxy) is 2. The van der Waals surface area contributed by atoms with E-state index in [1.165, 1.54) is 14.2 Å². The molecule has 1 atom stereocenters. The number of hydrazone groups is 1. The quantitative estimate of drug-likeness (QED) is 0.638. The van der Waals surface area contributed by atoms with E-state index < -0.39 is 26.1 Å². The summed E-state index contributed by atoms with van der Waals surface area (Å²) in [5, 5.41) is 4.42. The number of methoxy groups -OCH3 is 2. The van der Waals surface area contributed by atoms with E-state index in [1.54, 1.807) is 49.4 Å². The van der Waals surface area contributed by atoms with E-state index in [4.69, 9.17) is 9.47 Å². The van der Waals surface area contributed by atoms with Crippen molar-refractivity contribution < 1.29 is 26.3 Å². The molecule has 0 saturated heterocycles. The fourth-order valence-electron chi connectivity index (χ4n) is 3.36. The van der Waals surface area contributed by atoms with Gasteiger partial charge in [0.25, 0.3) is 0 Å². The van der Waals surface area contributed by atoms with Gasteiger partial charge in [-0.1, -0.05) is 12.1 Å². The molecule has 0 aliphatic carbocycles. The smallest absolute Gasteiger partial charge is 0.250 e. The molecule has 1 unspecified atom stereocenters. The van der Waals surface area contributed by atoms with Crippen LogP contribution in [0.3, 0.4) is 0 Å². The van der Waals surface area contributed by atoms with Crippen LogP contribution < -0.4 is 14.2 Å². The highest BCUT2D eigenvalue weighted by molar-refractivity contribution is 7.92. The molecule has 2 aromatic rings. The summed E-state index contributed by atoms with van der Waals surface area (Å²) >= 11 is 0. The van der Waals surface area contributed by atoms with Crippen molar-refractivity contribution in [1.29, 1.82) is 0 Å². The highest BCUT2D eigenvalue weighted by Crippen LogP contribution is 2.40. The fourth-order valence-corrected chi connectivity index (χ4v) is 4.98. The average Bonchev–Trinajstić information content (AvgIpc) is 3.18. The zero-order chi connectivity index (χ0) is 22.8. The summed E-state index contributed by atoms with van der Waals surface area (Å²) in [5.74, 6) is 0.964. The molecule has 0 aromatic heterocycles. The molecular weight excluding hydrogens is 442 g/mol. The second-order valence-corrected chi connectivity index (χ2v) is 10.9. The molecule has 1 heterocycles. The number of nitrogens with one attached hydrogen (secondary N) is 1. The van der Waals surface area contributed by atoms with E-state index in [-0.39, 0.29) is 12.2 Å². The fraction of sp³-hybridized carbons (Fsp3) is 0.350. The first-order chi connectivity index (χ1) is 14.6. The van der Waals surface area contributed by atoms with Crippen molar-refractivity contribution in [3.8, 4) is 11.5 Å². The van der Waals surface area contributed by atoms with Gasteiger partial charge >= 0.3 is 0 Å². The van der Waals surface area contributed by atoms with Crippen LogP contribution in [0.25, 0.3) is 0 Å². The first-order valence-corrected chi connectivity index (χ1v) is 13.0. The maximum Gasteiger partial charge on any atom is 0.250 e. The van der Waals surface area contributed by atoms with Gasteiger partial charge < -0.3 is 9.47 Å². The van der Waals surface area contributed by atoms with Gasteiger partial charge in [0, 0.05) is 17.7 Å². The molecule has 168 valence electrons. The molecular formula is C20H25N3O6S2. The number of benzene rings is 2. The van der Waals surface area contributed by atoms with Crippen molar-refractivity contribution in [3.05, 3.63) is 53.6 Å². The summed E-state index contributed by atoms with van der Waals surface area (Å²) in [6.07, 6.45) is 1.35. The normalized spacial score (nSPS) is 16.7. The van der Waals surface area contributed by atoms with Crippen LogP contribution in [0.4, 0.5) is 5.69 Å². The van der Waals surface area contributed by atoms with Crippen molar-refractivity contribution in [3.63, 3.8) is 0 Å². The average molecular weight is 468 g/mol. The molecule has 1 aliphatic rings. The molecule has 9 nitrogen and oxygen atoms in total. The van der Waals surface area contributed by atoms with Crippen LogP contribution in [0.5, 0.6) is 11.5 Å². The lowest BCUT2D eigenvalue weighted by molar-refractivity contribution is 0.347. The Bertz CT molecular complexity index is 1210. The van der Waals surface area contributed by atoms with E-state index in [9.17, 15) is 16.8 Å². The maximum atomic E-state index is 12.8. The van der Waals surface area contributed by atoms with Crippen LogP contribution in [-0.2, 0) is 20.0 Å². The highest BCUT2D eigenvalue weighted by atomic mass is 32.2. The Morgan fingerprint density at radius 1 is 1.10 bits per heavy atom. The topological polar surface area (TPSA) is 114 Å². The minimum absolute atomic E-state index is 0.123. The van der Waals surface area contributed by atoms with E-state index in [2.05, 4.69) is 9.82 Å². The highest BCUT2D eigenvalue weighted by Gasteiger charge is 2.37. The minimum Gasteiger partial charge on any atom is -0.497 e. The van der Waals surface area contributed by atoms with Gasteiger partial charge in [-0.05, 0) is 42.8 Å². The van der Waals surface area contributed by atoms with Gasteiger partial charge in [-0.15, -0.1) is 0 Å². The van der Waals surface area contributed by atoms with Gasteiger partial charge in [-0.3, -0.25) is 4.72 Å². The Balaban J connectivity index is 2.07. The van der Waals surface area contributed by atoms with Crippen LogP contribution in [0.1, 0.15) is 30.5 Å². The summed E-state index contributed by atoms with van der Waals surface area (Å²) in [7, 11) is -4.09. The third-order valence-electron chi connectivity index (χ3n) is 4.82. The Labute approximate surface area is 182 Å². The summed E-state index contributed by atoms with van der Waals surface area (Å²) in [5.41, 5.74) is 2.14. The Morgan fingerprint density at radius 3 is 2.45 bits per heavy atom. The number of nitrogens with zero attached hydrogens (tertiary/aromatic N) is 2. The second kappa shape index (κ2) is 8.75. The Hall–Kier alpha value is -2.79. The Morgan fingerprint density at radius 2 is 1.84 bits per heavy atom. The predicted octanol–water partition coefficient (Wildman–Crippen LogP) is 2.58.